The Morgan fingerprint density at radius 3 is 2.70 bits per heavy atom. The Bertz CT molecular complexity index is 552. The lowest BCUT2D eigenvalue weighted by Crippen LogP contribution is -2.41. The van der Waals surface area contributed by atoms with Crippen LogP contribution in [0.25, 0.3) is 0 Å². The summed E-state index contributed by atoms with van der Waals surface area (Å²) in [7, 11) is 0. The van der Waals surface area contributed by atoms with Gasteiger partial charge in [0.2, 0.25) is 5.91 Å². The van der Waals surface area contributed by atoms with Gasteiger partial charge >= 0.3 is 5.97 Å². The number of hydrogen-bond donors (Lipinski definition) is 2. The van der Waals surface area contributed by atoms with E-state index in [0.717, 1.165) is 23.9 Å². The summed E-state index contributed by atoms with van der Waals surface area (Å²) in [6.07, 6.45) is 0. The van der Waals surface area contributed by atoms with E-state index in [4.69, 9.17) is 5.11 Å². The molecule has 0 heterocycles. The molecule has 0 saturated heterocycles. The van der Waals surface area contributed by atoms with Crippen molar-refractivity contribution < 1.29 is 24.0 Å². The lowest BCUT2D eigenvalue weighted by atomic mass is 10.3. The summed E-state index contributed by atoms with van der Waals surface area (Å²) in [5.74, 6) is -2.64. The van der Waals surface area contributed by atoms with E-state index in [1.807, 2.05) is 0 Å². The van der Waals surface area contributed by atoms with Crippen molar-refractivity contribution in [1.82, 2.24) is 5.32 Å². The summed E-state index contributed by atoms with van der Waals surface area (Å²) in [4.78, 5) is 31.9. The zero-order valence-electron chi connectivity index (χ0n) is 10.3. The van der Waals surface area contributed by atoms with E-state index in [9.17, 15) is 24.1 Å². The SMILES string of the molecule is CC(=O)NC(CSc1ccc(F)cc1[N+](=O)[O-])C(=O)O. The highest BCUT2D eigenvalue weighted by atomic mass is 32.2. The van der Waals surface area contributed by atoms with Gasteiger partial charge in [-0.1, -0.05) is 0 Å². The van der Waals surface area contributed by atoms with E-state index in [1.165, 1.54) is 13.0 Å². The molecule has 0 aromatic heterocycles. The van der Waals surface area contributed by atoms with Crippen LogP contribution in [-0.4, -0.2) is 33.7 Å². The van der Waals surface area contributed by atoms with Crippen molar-refractivity contribution in [1.29, 1.82) is 0 Å². The quantitative estimate of drug-likeness (QED) is 0.467. The Morgan fingerprint density at radius 1 is 1.55 bits per heavy atom. The van der Waals surface area contributed by atoms with Gasteiger partial charge in [-0.3, -0.25) is 14.9 Å². The lowest BCUT2D eigenvalue weighted by Gasteiger charge is -2.12. The van der Waals surface area contributed by atoms with Crippen LogP contribution in [-0.2, 0) is 9.59 Å². The van der Waals surface area contributed by atoms with E-state index in [-0.39, 0.29) is 10.6 Å². The van der Waals surface area contributed by atoms with Gasteiger partial charge in [-0.2, -0.15) is 0 Å². The van der Waals surface area contributed by atoms with E-state index < -0.39 is 34.3 Å². The van der Waals surface area contributed by atoms with Gasteiger partial charge in [0.25, 0.3) is 5.69 Å². The van der Waals surface area contributed by atoms with Crippen molar-refractivity contribution >= 4 is 29.3 Å². The number of benzene rings is 1. The smallest absolute Gasteiger partial charge is 0.327 e. The number of halogens is 1. The molecule has 0 aliphatic heterocycles. The molecule has 0 aliphatic rings. The van der Waals surface area contributed by atoms with Crippen molar-refractivity contribution in [3.8, 4) is 0 Å². The second kappa shape index (κ2) is 6.85. The highest BCUT2D eigenvalue weighted by Gasteiger charge is 2.21. The molecule has 1 rings (SSSR count). The van der Waals surface area contributed by atoms with Gasteiger partial charge in [0.05, 0.1) is 15.9 Å². The van der Waals surface area contributed by atoms with Crippen molar-refractivity contribution in [3.63, 3.8) is 0 Å². The molecule has 0 saturated carbocycles. The van der Waals surface area contributed by atoms with Gasteiger partial charge in [0.15, 0.2) is 0 Å². The molecule has 0 radical (unpaired) electrons. The minimum absolute atomic E-state index is 0.110. The van der Waals surface area contributed by atoms with Gasteiger partial charge in [-0.05, 0) is 12.1 Å². The number of thioether (sulfide) groups is 1. The average molecular weight is 302 g/mol. The minimum atomic E-state index is -1.25. The van der Waals surface area contributed by atoms with Crippen LogP contribution in [0.15, 0.2) is 23.1 Å². The summed E-state index contributed by atoms with van der Waals surface area (Å²) < 4.78 is 12.9. The van der Waals surface area contributed by atoms with E-state index in [1.54, 1.807) is 0 Å². The fourth-order valence-electron chi connectivity index (χ4n) is 1.35. The van der Waals surface area contributed by atoms with Crippen molar-refractivity contribution in [3.05, 3.63) is 34.1 Å². The van der Waals surface area contributed by atoms with E-state index in [0.29, 0.717) is 0 Å². The fraction of sp³-hybridized carbons (Fsp3) is 0.273. The van der Waals surface area contributed by atoms with Crippen LogP contribution < -0.4 is 5.32 Å². The highest BCUT2D eigenvalue weighted by molar-refractivity contribution is 7.99. The molecule has 1 atom stereocenters. The number of nitro groups is 1. The van der Waals surface area contributed by atoms with E-state index >= 15 is 0 Å². The third-order valence-electron chi connectivity index (χ3n) is 2.20. The monoisotopic (exact) mass is 302 g/mol. The number of nitrogens with zero attached hydrogens (tertiary/aromatic N) is 1. The molecular formula is C11H11FN2O5S. The van der Waals surface area contributed by atoms with Crippen LogP contribution >= 0.6 is 11.8 Å². The Hall–Kier alpha value is -2.16. The highest BCUT2D eigenvalue weighted by Crippen LogP contribution is 2.30. The molecule has 0 bridgehead atoms. The molecule has 0 aliphatic carbocycles. The molecule has 1 aromatic carbocycles. The predicted octanol–water partition coefficient (Wildman–Crippen LogP) is 1.42. The largest absolute Gasteiger partial charge is 0.480 e. The van der Waals surface area contributed by atoms with Crippen molar-refractivity contribution in [2.24, 2.45) is 0 Å². The summed E-state index contributed by atoms with van der Waals surface area (Å²) >= 11 is 0.859. The van der Waals surface area contributed by atoms with Gasteiger partial charge in [-0.25, -0.2) is 9.18 Å². The maximum Gasteiger partial charge on any atom is 0.327 e. The third kappa shape index (κ3) is 4.50. The van der Waals surface area contributed by atoms with Gasteiger partial charge in [-0.15, -0.1) is 11.8 Å². The maximum absolute atomic E-state index is 12.9. The van der Waals surface area contributed by atoms with Gasteiger partial charge in [0.1, 0.15) is 11.9 Å². The average Bonchev–Trinajstić information content (AvgIpc) is 2.34. The van der Waals surface area contributed by atoms with Crippen LogP contribution in [0.1, 0.15) is 6.92 Å². The third-order valence-corrected chi connectivity index (χ3v) is 3.35. The van der Waals surface area contributed by atoms with Crippen molar-refractivity contribution in [2.45, 2.75) is 17.9 Å². The topological polar surface area (TPSA) is 110 Å². The zero-order chi connectivity index (χ0) is 15.3. The molecule has 0 fully saturated rings. The van der Waals surface area contributed by atoms with Gasteiger partial charge < -0.3 is 10.4 Å². The zero-order valence-corrected chi connectivity index (χ0v) is 11.1. The normalized spacial score (nSPS) is 11.7. The molecule has 20 heavy (non-hydrogen) atoms. The van der Waals surface area contributed by atoms with Crippen LogP contribution in [0.4, 0.5) is 10.1 Å². The number of nitro benzene ring substituents is 1. The Morgan fingerprint density at radius 2 is 2.20 bits per heavy atom. The Labute approximate surface area is 117 Å². The fourth-order valence-corrected chi connectivity index (χ4v) is 2.37. The molecule has 7 nitrogen and oxygen atoms in total. The number of aliphatic carboxylic acids is 1. The second-order valence-electron chi connectivity index (χ2n) is 3.77. The first-order chi connectivity index (χ1) is 9.31. The molecule has 1 aromatic rings. The number of hydrogen-bond acceptors (Lipinski definition) is 5. The van der Waals surface area contributed by atoms with Gasteiger partial charge in [0, 0.05) is 12.7 Å². The number of carbonyl (C=O) groups excluding carboxylic acids is 1. The molecule has 9 heteroatoms. The molecular weight excluding hydrogens is 291 g/mol. The van der Waals surface area contributed by atoms with Crippen LogP contribution in [0.3, 0.4) is 0 Å². The summed E-state index contributed by atoms with van der Waals surface area (Å²) in [6.45, 7) is 1.17. The maximum atomic E-state index is 12.9. The number of amides is 1. The number of carboxylic acid groups (broad SMARTS) is 1. The molecule has 1 unspecified atom stereocenters. The van der Waals surface area contributed by atoms with Crippen LogP contribution in [0.5, 0.6) is 0 Å². The Balaban J connectivity index is 2.85. The van der Waals surface area contributed by atoms with Crippen molar-refractivity contribution in [2.75, 3.05) is 5.75 Å². The molecule has 0 spiro atoms. The number of carboxylic acids is 1. The lowest BCUT2D eigenvalue weighted by molar-refractivity contribution is -0.387. The molecule has 1 amide bonds. The first-order valence-electron chi connectivity index (χ1n) is 5.38. The minimum Gasteiger partial charge on any atom is -0.480 e. The van der Waals surface area contributed by atoms with Crippen LogP contribution in [0.2, 0.25) is 0 Å². The predicted molar refractivity (Wildman–Crippen MR) is 69.0 cm³/mol. The summed E-state index contributed by atoms with van der Waals surface area (Å²) in [5, 5.41) is 21.9. The van der Waals surface area contributed by atoms with E-state index in [2.05, 4.69) is 5.32 Å². The number of carbonyl (C=O) groups is 2. The van der Waals surface area contributed by atoms with Crippen LogP contribution in [0, 0.1) is 15.9 Å². The summed E-state index contributed by atoms with van der Waals surface area (Å²) in [5.41, 5.74) is -0.443. The number of rotatable bonds is 6. The molecule has 108 valence electrons. The standard InChI is InChI=1S/C11H11FN2O5S/c1-6(15)13-8(11(16)17)5-20-10-3-2-7(12)4-9(10)14(18)19/h2-4,8H,5H2,1H3,(H,13,15)(H,16,17). The second-order valence-corrected chi connectivity index (χ2v) is 4.83. The first kappa shape index (κ1) is 15.9. The number of nitrogens with one attached hydrogen (secondary N) is 1. The Kier molecular flexibility index (Phi) is 5.44. The molecule has 2 N–H and O–H groups in total. The summed E-state index contributed by atoms with van der Waals surface area (Å²) in [6, 6.07) is 1.83. The first-order valence-corrected chi connectivity index (χ1v) is 6.36.